The third-order valence-electron chi connectivity index (χ3n) is 2.98. The van der Waals surface area contributed by atoms with E-state index in [-0.39, 0.29) is 32.0 Å². The summed E-state index contributed by atoms with van der Waals surface area (Å²) in [7, 11) is 0. The van der Waals surface area contributed by atoms with Gasteiger partial charge in [0.05, 0.1) is 0 Å². The highest BCUT2D eigenvalue weighted by Gasteiger charge is 2.43. The molecule has 0 aliphatic heterocycles. The van der Waals surface area contributed by atoms with Crippen LogP contribution in [-0.2, 0) is 20.9 Å². The Bertz CT molecular complexity index is 543. The summed E-state index contributed by atoms with van der Waals surface area (Å²) >= 11 is 0. The molecule has 1 rings (SSSR count). The number of nitrogens with two attached hydrogens (primary N) is 3. The zero-order chi connectivity index (χ0) is 16.6. The molecule has 22 heavy (non-hydrogen) atoms. The van der Waals surface area contributed by atoms with Crippen molar-refractivity contribution in [3.63, 3.8) is 0 Å². The number of hydrogen-bond donors (Lipinski definition) is 4. The Balaban J connectivity index is 2.62. The third kappa shape index (κ3) is 5.06. The van der Waals surface area contributed by atoms with Crippen LogP contribution in [-0.4, -0.2) is 35.1 Å². The van der Waals surface area contributed by atoms with Gasteiger partial charge in [-0.1, -0.05) is 30.3 Å². The van der Waals surface area contributed by atoms with Crippen molar-refractivity contribution in [3.05, 3.63) is 35.9 Å². The van der Waals surface area contributed by atoms with Crippen molar-refractivity contribution in [1.29, 1.82) is 0 Å². The minimum absolute atomic E-state index is 0.0419. The molecule has 0 radical (unpaired) electrons. The second-order valence-electron chi connectivity index (χ2n) is 4.75. The number of carbonyl (C=O) groups is 2. The van der Waals surface area contributed by atoms with Crippen LogP contribution in [0.3, 0.4) is 0 Å². The van der Waals surface area contributed by atoms with Crippen molar-refractivity contribution < 1.29 is 19.4 Å². The molecule has 0 amide bonds. The molecule has 8 nitrogen and oxygen atoms in total. The van der Waals surface area contributed by atoms with Crippen molar-refractivity contribution in [3.8, 4) is 0 Å². The number of carboxylic acid groups (broad SMARTS) is 1. The van der Waals surface area contributed by atoms with Crippen LogP contribution in [0.4, 0.5) is 0 Å². The topological polar surface area (TPSA) is 154 Å². The summed E-state index contributed by atoms with van der Waals surface area (Å²) in [5, 5.41) is 9.20. The van der Waals surface area contributed by atoms with Crippen molar-refractivity contribution in [2.45, 2.75) is 25.0 Å². The first-order valence-electron chi connectivity index (χ1n) is 6.65. The van der Waals surface area contributed by atoms with Crippen LogP contribution in [0.25, 0.3) is 0 Å². The van der Waals surface area contributed by atoms with Crippen LogP contribution in [0.1, 0.15) is 18.4 Å². The van der Waals surface area contributed by atoms with Gasteiger partial charge in [0.25, 0.3) is 0 Å². The molecule has 0 saturated heterocycles. The van der Waals surface area contributed by atoms with E-state index in [1.54, 1.807) is 24.3 Å². The van der Waals surface area contributed by atoms with Gasteiger partial charge in [-0.15, -0.1) is 0 Å². The van der Waals surface area contributed by atoms with Gasteiger partial charge < -0.3 is 27.0 Å². The van der Waals surface area contributed by atoms with Crippen molar-refractivity contribution in [2.75, 3.05) is 6.54 Å². The molecule has 0 aromatic heterocycles. The Kier molecular flexibility index (Phi) is 6.33. The van der Waals surface area contributed by atoms with E-state index in [1.807, 2.05) is 6.07 Å². The van der Waals surface area contributed by atoms with E-state index >= 15 is 0 Å². The highest BCUT2D eigenvalue weighted by atomic mass is 16.5. The quantitative estimate of drug-likeness (QED) is 0.167. The van der Waals surface area contributed by atoms with E-state index in [1.165, 1.54) is 0 Å². The van der Waals surface area contributed by atoms with Crippen LogP contribution < -0.4 is 17.2 Å². The number of hydrogen-bond acceptors (Lipinski definition) is 5. The SMILES string of the molecule is NC(N)=NCCCC(N)(C(=O)O)C(=O)OCc1ccccc1. The van der Waals surface area contributed by atoms with Crippen LogP contribution in [0.5, 0.6) is 0 Å². The number of nitrogens with zero attached hydrogens (tertiary/aromatic N) is 1. The lowest BCUT2D eigenvalue weighted by Gasteiger charge is -2.22. The highest BCUT2D eigenvalue weighted by Crippen LogP contribution is 2.14. The van der Waals surface area contributed by atoms with Gasteiger partial charge >= 0.3 is 11.9 Å². The highest BCUT2D eigenvalue weighted by molar-refractivity contribution is 6.03. The fraction of sp³-hybridized carbons (Fsp3) is 0.357. The van der Waals surface area contributed by atoms with Gasteiger partial charge in [0.15, 0.2) is 5.96 Å². The van der Waals surface area contributed by atoms with E-state index < -0.39 is 17.5 Å². The molecule has 1 aromatic carbocycles. The van der Waals surface area contributed by atoms with Crippen molar-refractivity contribution in [1.82, 2.24) is 0 Å². The number of aliphatic carboxylic acids is 1. The molecule has 0 aliphatic rings. The predicted molar refractivity (Wildman–Crippen MR) is 80.7 cm³/mol. The van der Waals surface area contributed by atoms with Gasteiger partial charge in [-0.3, -0.25) is 4.99 Å². The Morgan fingerprint density at radius 2 is 1.86 bits per heavy atom. The maximum atomic E-state index is 12.0. The van der Waals surface area contributed by atoms with Gasteiger partial charge in [0, 0.05) is 6.54 Å². The molecular formula is C14H20N4O4. The average molecular weight is 308 g/mol. The molecule has 0 saturated carbocycles. The van der Waals surface area contributed by atoms with Crippen LogP contribution in [0.2, 0.25) is 0 Å². The lowest BCUT2D eigenvalue weighted by atomic mass is 9.95. The van der Waals surface area contributed by atoms with E-state index in [0.717, 1.165) is 5.56 Å². The molecule has 0 spiro atoms. The first-order chi connectivity index (χ1) is 10.4. The smallest absolute Gasteiger partial charge is 0.338 e. The molecule has 0 heterocycles. The molecule has 1 atom stereocenters. The Morgan fingerprint density at radius 1 is 1.23 bits per heavy atom. The molecule has 1 unspecified atom stereocenters. The number of rotatable bonds is 8. The normalized spacial score (nSPS) is 13.0. The number of guanidine groups is 1. The number of carboxylic acids is 1. The van der Waals surface area contributed by atoms with Gasteiger partial charge in [0.2, 0.25) is 5.54 Å². The first-order valence-corrected chi connectivity index (χ1v) is 6.65. The van der Waals surface area contributed by atoms with Crippen molar-refractivity contribution >= 4 is 17.9 Å². The fourth-order valence-electron chi connectivity index (χ4n) is 1.71. The molecule has 7 N–H and O–H groups in total. The Morgan fingerprint density at radius 3 is 2.41 bits per heavy atom. The summed E-state index contributed by atoms with van der Waals surface area (Å²) in [5.74, 6) is -2.55. The van der Waals surface area contributed by atoms with Crippen LogP contribution in [0.15, 0.2) is 35.3 Å². The fourth-order valence-corrected chi connectivity index (χ4v) is 1.71. The summed E-state index contributed by atoms with van der Waals surface area (Å²) in [6.07, 6.45) is 0.105. The standard InChI is InChI=1S/C14H20N4O4/c15-13(16)18-8-4-7-14(17,11(19)20)12(21)22-9-10-5-2-1-3-6-10/h1-3,5-6H,4,7-9,17H2,(H,19,20)(H4,15,16,18). The van der Waals surface area contributed by atoms with Gasteiger partial charge in [-0.25, -0.2) is 9.59 Å². The van der Waals surface area contributed by atoms with E-state index in [2.05, 4.69) is 4.99 Å². The second kappa shape index (κ2) is 7.99. The average Bonchev–Trinajstić information content (AvgIpc) is 2.49. The molecule has 120 valence electrons. The maximum Gasteiger partial charge on any atom is 0.338 e. The van der Waals surface area contributed by atoms with E-state index in [0.29, 0.717) is 0 Å². The zero-order valence-corrected chi connectivity index (χ0v) is 12.1. The molecule has 1 aromatic rings. The molecule has 0 bridgehead atoms. The predicted octanol–water partition coefficient (Wildman–Crippen LogP) is -0.434. The van der Waals surface area contributed by atoms with Crippen LogP contribution >= 0.6 is 0 Å². The number of carbonyl (C=O) groups excluding carboxylic acids is 1. The van der Waals surface area contributed by atoms with Crippen molar-refractivity contribution in [2.24, 2.45) is 22.2 Å². The summed E-state index contributed by atoms with van der Waals surface area (Å²) in [4.78, 5) is 27.0. The number of esters is 1. The molecule has 0 fully saturated rings. The van der Waals surface area contributed by atoms with Gasteiger partial charge in [-0.05, 0) is 18.4 Å². The largest absolute Gasteiger partial charge is 0.479 e. The van der Waals surface area contributed by atoms with E-state index in [4.69, 9.17) is 21.9 Å². The third-order valence-corrected chi connectivity index (χ3v) is 2.98. The number of aliphatic imine (C=N–C) groups is 1. The Labute approximate surface area is 127 Å². The summed E-state index contributed by atoms with van der Waals surface area (Å²) in [6.45, 7) is 0.139. The summed E-state index contributed by atoms with van der Waals surface area (Å²) < 4.78 is 5.00. The molecular weight excluding hydrogens is 288 g/mol. The second-order valence-corrected chi connectivity index (χ2v) is 4.75. The number of benzene rings is 1. The molecule has 0 aliphatic carbocycles. The zero-order valence-electron chi connectivity index (χ0n) is 12.1. The van der Waals surface area contributed by atoms with Gasteiger partial charge in [0.1, 0.15) is 6.61 Å². The Hall–Kier alpha value is -2.61. The maximum absolute atomic E-state index is 12.0. The van der Waals surface area contributed by atoms with Gasteiger partial charge in [-0.2, -0.15) is 0 Å². The monoisotopic (exact) mass is 308 g/mol. The minimum atomic E-state index is -2.12. The van der Waals surface area contributed by atoms with Crippen LogP contribution in [0, 0.1) is 0 Å². The first kappa shape index (κ1) is 17.4. The van der Waals surface area contributed by atoms with E-state index in [9.17, 15) is 14.7 Å². The minimum Gasteiger partial charge on any atom is -0.479 e. The lowest BCUT2D eigenvalue weighted by molar-refractivity contribution is -0.162. The molecule has 8 heteroatoms. The number of ether oxygens (including phenoxy) is 1. The lowest BCUT2D eigenvalue weighted by Crippen LogP contribution is -2.55. The summed E-state index contributed by atoms with van der Waals surface area (Å²) in [6, 6.07) is 8.89. The summed E-state index contributed by atoms with van der Waals surface area (Å²) in [5.41, 5.74) is 14.6.